The van der Waals surface area contributed by atoms with Gasteiger partial charge in [0.15, 0.2) is 0 Å². The number of amides is 3. The van der Waals surface area contributed by atoms with Crippen LogP contribution in [0.1, 0.15) is 53.9 Å². The van der Waals surface area contributed by atoms with E-state index in [9.17, 15) is 19.2 Å². The van der Waals surface area contributed by atoms with Gasteiger partial charge >= 0.3 is 12.1 Å². The average Bonchev–Trinajstić information content (AvgIpc) is 3.42. The van der Waals surface area contributed by atoms with E-state index in [0.717, 1.165) is 22.3 Å². The molecule has 0 saturated heterocycles. The molecule has 0 atom stereocenters. The van der Waals surface area contributed by atoms with Crippen LogP contribution < -0.4 is 5.32 Å². The summed E-state index contributed by atoms with van der Waals surface area (Å²) in [6.45, 7) is 0.133. The highest BCUT2D eigenvalue weighted by Gasteiger charge is 2.39. The molecule has 1 aliphatic heterocycles. The van der Waals surface area contributed by atoms with E-state index in [1.54, 1.807) is 12.1 Å². The molecule has 0 bridgehead atoms. The van der Waals surface area contributed by atoms with Crippen LogP contribution in [-0.2, 0) is 16.1 Å². The zero-order valence-electron chi connectivity index (χ0n) is 20.4. The lowest BCUT2D eigenvalue weighted by Gasteiger charge is -2.14. The molecule has 3 aromatic carbocycles. The number of imide groups is 1. The third-order valence-electron chi connectivity index (χ3n) is 6.61. The maximum atomic E-state index is 12.5. The predicted molar refractivity (Wildman–Crippen MR) is 136 cm³/mol. The molecule has 1 N–H and O–H groups in total. The van der Waals surface area contributed by atoms with Gasteiger partial charge in [0.05, 0.1) is 23.2 Å². The number of aromatic nitrogens is 2. The minimum absolute atomic E-state index is 0.0373. The van der Waals surface area contributed by atoms with Gasteiger partial charge in [-0.15, -0.1) is 0 Å². The molecule has 39 heavy (non-hydrogen) atoms. The number of hydrogen-bond acceptors (Lipinski definition) is 8. The summed E-state index contributed by atoms with van der Waals surface area (Å²) in [7, 11) is 0. The van der Waals surface area contributed by atoms with Crippen molar-refractivity contribution >= 4 is 23.9 Å². The molecule has 1 aromatic heterocycles. The average molecular weight is 521 g/mol. The summed E-state index contributed by atoms with van der Waals surface area (Å²) in [6.07, 6.45) is 1.74. The largest absolute Gasteiger partial charge is 0.449 e. The van der Waals surface area contributed by atoms with Gasteiger partial charge in [-0.1, -0.05) is 65.7 Å². The Morgan fingerprint density at radius 2 is 1.28 bits per heavy atom. The first-order valence-corrected chi connectivity index (χ1v) is 12.1. The molecular formula is C29H20N4O6. The van der Waals surface area contributed by atoms with Gasteiger partial charge in [0.2, 0.25) is 0 Å². The fourth-order valence-corrected chi connectivity index (χ4v) is 4.74. The lowest BCUT2D eigenvalue weighted by Crippen LogP contribution is -2.32. The van der Waals surface area contributed by atoms with Crippen molar-refractivity contribution < 1.29 is 28.8 Å². The third kappa shape index (κ3) is 4.37. The van der Waals surface area contributed by atoms with Gasteiger partial charge in [-0.25, -0.2) is 19.6 Å². The highest BCUT2D eigenvalue weighted by atomic mass is 16.7. The maximum Gasteiger partial charge on any atom is 0.407 e. The van der Waals surface area contributed by atoms with Crippen molar-refractivity contribution in [1.82, 2.24) is 20.3 Å². The summed E-state index contributed by atoms with van der Waals surface area (Å²) in [6, 6.07) is 22.3. The lowest BCUT2D eigenvalue weighted by atomic mass is 9.98. The standard InChI is InChI=1S/C29H20N4O6/c34-26-22-11-5-6-12-23(22)27(35)33(26)39-28(36)17-13-30-25(31-14-17)15-32-29(37)38-16-24-20-9-3-1-7-18(20)19-8-2-4-10-21(19)24/h1-14,24H,15-16H2,(H,32,37). The van der Waals surface area contributed by atoms with Crippen molar-refractivity contribution in [2.24, 2.45) is 0 Å². The van der Waals surface area contributed by atoms with Crippen LogP contribution in [0.5, 0.6) is 0 Å². The normalized spacial score (nSPS) is 13.5. The maximum absolute atomic E-state index is 12.5. The molecule has 6 rings (SSSR count). The van der Waals surface area contributed by atoms with Crippen LogP contribution in [0.4, 0.5) is 4.79 Å². The molecule has 2 aliphatic rings. The zero-order valence-corrected chi connectivity index (χ0v) is 20.4. The minimum Gasteiger partial charge on any atom is -0.449 e. The summed E-state index contributed by atoms with van der Waals surface area (Å²) in [5, 5.41) is 3.02. The molecular weight excluding hydrogens is 500 g/mol. The number of ether oxygens (including phenoxy) is 1. The van der Waals surface area contributed by atoms with Gasteiger partial charge in [0.1, 0.15) is 12.4 Å². The highest BCUT2D eigenvalue weighted by molar-refractivity contribution is 6.21. The summed E-state index contributed by atoms with van der Waals surface area (Å²) in [4.78, 5) is 62.7. The topological polar surface area (TPSA) is 128 Å². The second-order valence-corrected chi connectivity index (χ2v) is 8.90. The first-order valence-electron chi connectivity index (χ1n) is 12.1. The third-order valence-corrected chi connectivity index (χ3v) is 6.61. The Kier molecular flexibility index (Phi) is 6.04. The fraction of sp³-hybridized carbons (Fsp3) is 0.103. The van der Waals surface area contributed by atoms with Gasteiger partial charge in [0.25, 0.3) is 11.8 Å². The molecule has 1 aliphatic carbocycles. The van der Waals surface area contributed by atoms with Crippen LogP contribution >= 0.6 is 0 Å². The number of alkyl carbamates (subject to hydrolysis) is 1. The van der Waals surface area contributed by atoms with Crippen LogP contribution in [0.2, 0.25) is 0 Å². The van der Waals surface area contributed by atoms with Crippen molar-refractivity contribution in [3.8, 4) is 11.1 Å². The second-order valence-electron chi connectivity index (χ2n) is 8.90. The Labute approximate surface area is 222 Å². The Hall–Kier alpha value is -5.38. The van der Waals surface area contributed by atoms with Crippen LogP contribution in [0, 0.1) is 0 Å². The van der Waals surface area contributed by atoms with Gasteiger partial charge in [-0.2, -0.15) is 0 Å². The van der Waals surface area contributed by atoms with Crippen LogP contribution in [0.25, 0.3) is 11.1 Å². The molecule has 10 nitrogen and oxygen atoms in total. The minimum atomic E-state index is -0.972. The number of fused-ring (bicyclic) bond motifs is 4. The van der Waals surface area contributed by atoms with Gasteiger partial charge in [0, 0.05) is 18.3 Å². The molecule has 4 aromatic rings. The molecule has 0 spiro atoms. The van der Waals surface area contributed by atoms with Crippen molar-refractivity contribution in [2.45, 2.75) is 12.5 Å². The van der Waals surface area contributed by atoms with E-state index in [0.29, 0.717) is 5.06 Å². The van der Waals surface area contributed by atoms with E-state index in [1.807, 2.05) is 36.4 Å². The summed E-state index contributed by atoms with van der Waals surface area (Å²) < 4.78 is 5.50. The summed E-state index contributed by atoms with van der Waals surface area (Å²) in [5.74, 6) is -2.27. The van der Waals surface area contributed by atoms with Crippen molar-refractivity contribution in [3.63, 3.8) is 0 Å². The molecule has 10 heteroatoms. The smallest absolute Gasteiger partial charge is 0.407 e. The Balaban J connectivity index is 1.03. The van der Waals surface area contributed by atoms with E-state index in [1.165, 1.54) is 24.5 Å². The van der Waals surface area contributed by atoms with Crippen molar-refractivity contribution in [3.05, 3.63) is 119 Å². The Morgan fingerprint density at radius 1 is 0.769 bits per heavy atom. The molecule has 192 valence electrons. The molecule has 0 saturated carbocycles. The molecule has 0 unspecified atom stereocenters. The van der Waals surface area contributed by atoms with E-state index in [2.05, 4.69) is 27.4 Å². The van der Waals surface area contributed by atoms with Gasteiger partial charge in [-0.05, 0) is 34.4 Å². The van der Waals surface area contributed by atoms with Crippen molar-refractivity contribution in [1.29, 1.82) is 0 Å². The van der Waals surface area contributed by atoms with Crippen molar-refractivity contribution in [2.75, 3.05) is 6.61 Å². The highest BCUT2D eigenvalue weighted by Crippen LogP contribution is 2.44. The number of carbonyl (C=O) groups is 4. The second kappa shape index (κ2) is 9.82. The Morgan fingerprint density at radius 3 is 1.85 bits per heavy atom. The van der Waals surface area contributed by atoms with Gasteiger partial charge in [-0.3, -0.25) is 9.59 Å². The molecule has 2 heterocycles. The summed E-state index contributed by atoms with van der Waals surface area (Å²) >= 11 is 0. The first-order chi connectivity index (χ1) is 19.0. The number of rotatable bonds is 6. The monoisotopic (exact) mass is 520 g/mol. The van der Waals surface area contributed by atoms with Gasteiger partial charge < -0.3 is 14.9 Å². The molecule has 0 radical (unpaired) electrons. The van der Waals surface area contributed by atoms with E-state index >= 15 is 0 Å². The Bertz CT molecular complexity index is 1550. The number of hydrogen-bond donors (Lipinski definition) is 1. The van der Waals surface area contributed by atoms with Crippen LogP contribution in [0.15, 0.2) is 85.2 Å². The van der Waals surface area contributed by atoms with E-state index < -0.39 is 23.9 Å². The van der Waals surface area contributed by atoms with Crippen LogP contribution in [0.3, 0.4) is 0 Å². The SMILES string of the molecule is O=C(NCc1ncc(C(=O)ON2C(=O)c3ccccc3C2=O)cn1)OCC1c2ccccc2-c2ccccc21. The number of nitrogens with zero attached hydrogens (tertiary/aromatic N) is 3. The van der Waals surface area contributed by atoms with E-state index in [4.69, 9.17) is 9.57 Å². The quantitative estimate of drug-likeness (QED) is 0.380. The predicted octanol–water partition coefficient (Wildman–Crippen LogP) is 3.88. The number of hydroxylamine groups is 2. The lowest BCUT2D eigenvalue weighted by molar-refractivity contribution is -0.0585. The van der Waals surface area contributed by atoms with E-state index in [-0.39, 0.29) is 41.6 Å². The first kappa shape index (κ1) is 24.0. The molecule has 3 amide bonds. The number of benzene rings is 3. The van der Waals surface area contributed by atoms with Crippen LogP contribution in [-0.4, -0.2) is 45.5 Å². The zero-order chi connectivity index (χ0) is 26.9. The summed E-state index contributed by atoms with van der Waals surface area (Å²) in [5.41, 5.74) is 4.73. The number of carbonyl (C=O) groups excluding carboxylic acids is 4. The molecule has 0 fully saturated rings. The fourth-order valence-electron chi connectivity index (χ4n) is 4.74. The number of nitrogens with one attached hydrogen (secondary N) is 1.